The number of hydrogen-bond acceptors (Lipinski definition) is 7. The molecule has 1 aromatic carbocycles. The van der Waals surface area contributed by atoms with Crippen LogP contribution in [-0.2, 0) is 4.79 Å². The number of aromatic nitrogens is 3. The second-order valence-corrected chi connectivity index (χ2v) is 8.03. The molecular formula is C20H25ClFN7O. The van der Waals surface area contributed by atoms with Gasteiger partial charge < -0.3 is 15.5 Å². The topological polar surface area (TPSA) is 86.3 Å². The fourth-order valence-corrected chi connectivity index (χ4v) is 3.86. The van der Waals surface area contributed by atoms with E-state index in [4.69, 9.17) is 11.6 Å². The Balaban J connectivity index is 1.29. The van der Waals surface area contributed by atoms with E-state index in [0.717, 1.165) is 17.8 Å². The minimum atomic E-state index is -1.03. The number of benzene rings is 1. The quantitative estimate of drug-likeness (QED) is 0.731. The average molecular weight is 434 g/mol. The van der Waals surface area contributed by atoms with Gasteiger partial charge in [-0.2, -0.15) is 5.10 Å². The highest BCUT2D eigenvalue weighted by Gasteiger charge is 2.27. The van der Waals surface area contributed by atoms with Gasteiger partial charge in [-0.05, 0) is 25.1 Å². The molecule has 10 heteroatoms. The highest BCUT2D eigenvalue weighted by atomic mass is 35.5. The van der Waals surface area contributed by atoms with Gasteiger partial charge in [0.25, 0.3) is 0 Å². The Morgan fingerprint density at radius 3 is 2.73 bits per heavy atom. The number of anilines is 1. The summed E-state index contributed by atoms with van der Waals surface area (Å²) in [6, 6.07) is 7.04. The molecular weight excluding hydrogens is 409 g/mol. The molecule has 4 rings (SSSR count). The van der Waals surface area contributed by atoms with Gasteiger partial charge in [0.05, 0.1) is 24.5 Å². The van der Waals surface area contributed by atoms with Gasteiger partial charge in [0.2, 0.25) is 11.9 Å². The summed E-state index contributed by atoms with van der Waals surface area (Å²) < 4.78 is 13.9. The van der Waals surface area contributed by atoms with Gasteiger partial charge in [-0.25, -0.2) is 9.37 Å². The first-order chi connectivity index (χ1) is 14.6. The Hall–Kier alpha value is -2.36. The number of rotatable bonds is 5. The normalized spacial score (nSPS) is 22.7. The second-order valence-electron chi connectivity index (χ2n) is 7.59. The van der Waals surface area contributed by atoms with Crippen molar-refractivity contribution in [3.63, 3.8) is 0 Å². The van der Waals surface area contributed by atoms with Crippen LogP contribution in [0.5, 0.6) is 0 Å². The van der Waals surface area contributed by atoms with Crippen LogP contribution < -0.4 is 15.5 Å². The van der Waals surface area contributed by atoms with Crippen LogP contribution in [0.3, 0.4) is 0 Å². The standard InChI is InChI=1S/C20H25ClFN7O/c21-15-3-1-14(2-4-15)18-12-24-27-20(26-18)29-9-7-28(8-10-29)13-19(30)25-17-5-6-23-11-16(17)22/h1-4,12,16-17,23H,5-11,13H2,(H,25,30)/t16-,17-/m1/s1. The number of piperidine rings is 1. The predicted molar refractivity (Wildman–Crippen MR) is 113 cm³/mol. The molecule has 2 saturated heterocycles. The zero-order valence-corrected chi connectivity index (χ0v) is 17.4. The van der Waals surface area contributed by atoms with Crippen molar-refractivity contribution in [3.05, 3.63) is 35.5 Å². The van der Waals surface area contributed by atoms with Crippen LogP contribution in [0, 0.1) is 0 Å². The first-order valence-corrected chi connectivity index (χ1v) is 10.5. The summed E-state index contributed by atoms with van der Waals surface area (Å²) in [4.78, 5) is 21.1. The number of amides is 1. The number of alkyl halides is 1. The van der Waals surface area contributed by atoms with E-state index in [0.29, 0.717) is 50.1 Å². The van der Waals surface area contributed by atoms with Crippen LogP contribution in [-0.4, -0.2) is 84.0 Å². The molecule has 0 unspecified atom stereocenters. The summed E-state index contributed by atoms with van der Waals surface area (Å²) >= 11 is 5.95. The Morgan fingerprint density at radius 2 is 2.00 bits per heavy atom. The van der Waals surface area contributed by atoms with Gasteiger partial charge in [-0.15, -0.1) is 5.10 Å². The van der Waals surface area contributed by atoms with Crippen molar-refractivity contribution in [1.29, 1.82) is 0 Å². The molecule has 0 spiro atoms. The van der Waals surface area contributed by atoms with Crippen molar-refractivity contribution in [2.24, 2.45) is 0 Å². The Bertz CT molecular complexity index is 860. The summed E-state index contributed by atoms with van der Waals surface area (Å²) in [5.74, 6) is 0.446. The largest absolute Gasteiger partial charge is 0.349 e. The molecule has 0 aliphatic carbocycles. The first kappa shape index (κ1) is 20.9. The molecule has 3 heterocycles. The van der Waals surface area contributed by atoms with E-state index >= 15 is 0 Å². The number of nitrogens with one attached hydrogen (secondary N) is 2. The molecule has 2 aliphatic rings. The maximum Gasteiger partial charge on any atom is 0.245 e. The molecule has 2 aromatic rings. The van der Waals surface area contributed by atoms with E-state index in [1.54, 1.807) is 6.20 Å². The van der Waals surface area contributed by atoms with E-state index in [2.05, 4.69) is 35.6 Å². The molecule has 0 radical (unpaired) electrons. The molecule has 2 N–H and O–H groups in total. The van der Waals surface area contributed by atoms with Gasteiger partial charge >= 0.3 is 0 Å². The zero-order chi connectivity index (χ0) is 20.9. The highest BCUT2D eigenvalue weighted by Crippen LogP contribution is 2.21. The number of carbonyl (C=O) groups is 1. The van der Waals surface area contributed by atoms with Crippen LogP contribution in [0.2, 0.25) is 5.02 Å². The van der Waals surface area contributed by atoms with Crippen molar-refractivity contribution >= 4 is 23.5 Å². The van der Waals surface area contributed by atoms with E-state index in [9.17, 15) is 9.18 Å². The Morgan fingerprint density at radius 1 is 1.23 bits per heavy atom. The second kappa shape index (κ2) is 9.63. The minimum absolute atomic E-state index is 0.124. The first-order valence-electron chi connectivity index (χ1n) is 10.2. The monoisotopic (exact) mass is 433 g/mol. The van der Waals surface area contributed by atoms with Crippen LogP contribution in [0.4, 0.5) is 10.3 Å². The van der Waals surface area contributed by atoms with E-state index < -0.39 is 12.2 Å². The van der Waals surface area contributed by atoms with Gasteiger partial charge in [-0.3, -0.25) is 9.69 Å². The zero-order valence-electron chi connectivity index (χ0n) is 16.6. The average Bonchev–Trinajstić information content (AvgIpc) is 2.76. The summed E-state index contributed by atoms with van der Waals surface area (Å²) in [6.07, 6.45) is 1.22. The van der Waals surface area contributed by atoms with Crippen LogP contribution in [0.1, 0.15) is 6.42 Å². The van der Waals surface area contributed by atoms with Crippen molar-refractivity contribution in [2.75, 3.05) is 50.7 Å². The fourth-order valence-electron chi connectivity index (χ4n) is 3.73. The number of halogens is 2. The van der Waals surface area contributed by atoms with Crippen LogP contribution in [0.15, 0.2) is 30.5 Å². The molecule has 2 aliphatic heterocycles. The Labute approximate surface area is 179 Å². The highest BCUT2D eigenvalue weighted by molar-refractivity contribution is 6.30. The molecule has 2 atom stereocenters. The van der Waals surface area contributed by atoms with E-state index in [-0.39, 0.29) is 12.5 Å². The van der Waals surface area contributed by atoms with Gasteiger partial charge in [0.15, 0.2) is 0 Å². The Kier molecular flexibility index (Phi) is 6.71. The molecule has 160 valence electrons. The van der Waals surface area contributed by atoms with Crippen molar-refractivity contribution in [3.8, 4) is 11.3 Å². The SMILES string of the molecule is O=C(CN1CCN(c2nncc(-c3ccc(Cl)cc3)n2)CC1)N[C@@H]1CCNC[C@H]1F. The summed E-state index contributed by atoms with van der Waals surface area (Å²) in [5, 5.41) is 14.8. The lowest BCUT2D eigenvalue weighted by molar-refractivity contribution is -0.123. The molecule has 1 amide bonds. The van der Waals surface area contributed by atoms with Crippen LogP contribution >= 0.6 is 11.6 Å². The maximum absolute atomic E-state index is 13.9. The number of piperazine rings is 1. The number of carbonyl (C=O) groups excluding carboxylic acids is 1. The third-order valence-electron chi connectivity index (χ3n) is 5.46. The van der Waals surface area contributed by atoms with Crippen LogP contribution in [0.25, 0.3) is 11.3 Å². The molecule has 0 bridgehead atoms. The third-order valence-corrected chi connectivity index (χ3v) is 5.72. The van der Waals surface area contributed by atoms with Gasteiger partial charge in [0.1, 0.15) is 6.17 Å². The molecule has 2 fully saturated rings. The fraction of sp³-hybridized carbons (Fsp3) is 0.500. The van der Waals surface area contributed by atoms with E-state index in [1.165, 1.54) is 0 Å². The molecule has 0 saturated carbocycles. The van der Waals surface area contributed by atoms with Crippen molar-refractivity contribution in [2.45, 2.75) is 18.6 Å². The van der Waals surface area contributed by atoms with Crippen molar-refractivity contribution in [1.82, 2.24) is 30.7 Å². The third kappa shape index (κ3) is 5.21. The lowest BCUT2D eigenvalue weighted by Crippen LogP contribution is -2.54. The summed E-state index contributed by atoms with van der Waals surface area (Å²) in [7, 11) is 0. The number of nitrogens with zero attached hydrogens (tertiary/aromatic N) is 5. The van der Waals surface area contributed by atoms with Gasteiger partial charge in [-0.1, -0.05) is 23.7 Å². The maximum atomic E-state index is 13.9. The summed E-state index contributed by atoms with van der Waals surface area (Å²) in [6.45, 7) is 4.09. The van der Waals surface area contributed by atoms with Gasteiger partial charge in [0, 0.05) is 43.3 Å². The number of hydrogen-bond donors (Lipinski definition) is 2. The van der Waals surface area contributed by atoms with Crippen molar-refractivity contribution < 1.29 is 9.18 Å². The molecule has 1 aromatic heterocycles. The van der Waals surface area contributed by atoms with E-state index in [1.807, 2.05) is 24.3 Å². The smallest absolute Gasteiger partial charge is 0.245 e. The lowest BCUT2D eigenvalue weighted by atomic mass is 10.1. The molecule has 30 heavy (non-hydrogen) atoms. The minimum Gasteiger partial charge on any atom is -0.349 e. The predicted octanol–water partition coefficient (Wildman–Crippen LogP) is 1.13. The summed E-state index contributed by atoms with van der Waals surface area (Å²) in [5.41, 5.74) is 1.66. The molecule has 8 nitrogen and oxygen atoms in total. The lowest BCUT2D eigenvalue weighted by Gasteiger charge is -2.34.